The van der Waals surface area contributed by atoms with Crippen molar-refractivity contribution in [3.8, 4) is 0 Å². The van der Waals surface area contributed by atoms with Gasteiger partial charge in [-0.25, -0.2) is 4.39 Å². The van der Waals surface area contributed by atoms with Gasteiger partial charge in [-0.3, -0.25) is 0 Å². The van der Waals surface area contributed by atoms with Crippen LogP contribution >= 0.6 is 11.6 Å². The zero-order valence-corrected chi connectivity index (χ0v) is 10.3. The van der Waals surface area contributed by atoms with Gasteiger partial charge in [-0.05, 0) is 11.6 Å². The lowest BCUT2D eigenvalue weighted by Crippen LogP contribution is -2.54. The lowest BCUT2D eigenvalue weighted by Gasteiger charge is -2.31. The van der Waals surface area contributed by atoms with Gasteiger partial charge < -0.3 is 5.11 Å². The fourth-order valence-electron chi connectivity index (χ4n) is 1.51. The van der Waals surface area contributed by atoms with Crippen LogP contribution in [0.2, 0.25) is 5.02 Å². The Morgan fingerprint density at radius 3 is 1.80 bits per heavy atom. The van der Waals surface area contributed by atoms with E-state index in [4.69, 9.17) is 11.6 Å². The van der Waals surface area contributed by atoms with Crippen molar-refractivity contribution < 1.29 is 35.8 Å². The van der Waals surface area contributed by atoms with Crippen LogP contribution in [0.1, 0.15) is 18.1 Å². The third-order valence-electron chi connectivity index (χ3n) is 2.64. The van der Waals surface area contributed by atoms with E-state index in [1.165, 1.54) is 12.1 Å². The van der Waals surface area contributed by atoms with Gasteiger partial charge in [0.2, 0.25) is 0 Å². The van der Waals surface area contributed by atoms with Gasteiger partial charge in [-0.15, -0.1) is 0 Å². The highest BCUT2D eigenvalue weighted by atomic mass is 35.5. The molecule has 0 aliphatic heterocycles. The standard InChI is InChI=1S/C11H8ClF7O/c12-7-4-2-1-3-6(7)8(20)5-9(13,10(14,15)16)11(17,18)19/h1-4,8,20H,5H2. The molecule has 0 aromatic heterocycles. The van der Waals surface area contributed by atoms with Crippen molar-refractivity contribution in [2.75, 3.05) is 0 Å². The van der Waals surface area contributed by atoms with Crippen LogP contribution in [0, 0.1) is 0 Å². The van der Waals surface area contributed by atoms with Gasteiger partial charge in [0.15, 0.2) is 0 Å². The second-order valence-corrected chi connectivity index (χ2v) is 4.45. The molecule has 1 atom stereocenters. The van der Waals surface area contributed by atoms with Gasteiger partial charge >= 0.3 is 18.0 Å². The predicted octanol–water partition coefficient (Wildman–Crippen LogP) is 4.60. The van der Waals surface area contributed by atoms with Crippen LogP contribution < -0.4 is 0 Å². The van der Waals surface area contributed by atoms with Gasteiger partial charge in [0.25, 0.3) is 0 Å². The van der Waals surface area contributed by atoms with Crippen molar-refractivity contribution in [3.05, 3.63) is 34.9 Å². The summed E-state index contributed by atoms with van der Waals surface area (Å²) in [5, 5.41) is 9.18. The van der Waals surface area contributed by atoms with Crippen molar-refractivity contribution in [2.24, 2.45) is 0 Å². The summed E-state index contributed by atoms with van der Waals surface area (Å²) in [5.41, 5.74) is -5.93. The number of halogens is 8. The Labute approximate surface area is 114 Å². The highest BCUT2D eigenvalue weighted by Crippen LogP contribution is 2.50. The lowest BCUT2D eigenvalue weighted by molar-refractivity contribution is -0.347. The number of rotatable bonds is 3. The Bertz CT molecular complexity index is 455. The molecule has 1 unspecified atom stereocenters. The van der Waals surface area contributed by atoms with E-state index in [1.807, 2.05) is 0 Å². The first kappa shape index (κ1) is 17.0. The summed E-state index contributed by atoms with van der Waals surface area (Å²) in [4.78, 5) is 0. The molecule has 0 aliphatic carbocycles. The third-order valence-corrected chi connectivity index (χ3v) is 2.98. The summed E-state index contributed by atoms with van der Waals surface area (Å²) in [6, 6.07) is 4.77. The van der Waals surface area contributed by atoms with E-state index in [0.717, 1.165) is 12.1 Å². The van der Waals surface area contributed by atoms with Gasteiger partial charge in [-0.2, -0.15) is 26.3 Å². The molecular formula is C11H8ClF7O. The van der Waals surface area contributed by atoms with Crippen molar-refractivity contribution >= 4 is 11.6 Å². The first-order valence-corrected chi connectivity index (χ1v) is 5.53. The molecule has 0 saturated heterocycles. The van der Waals surface area contributed by atoms with E-state index in [9.17, 15) is 35.8 Å². The summed E-state index contributed by atoms with van der Waals surface area (Å²) in [5.74, 6) is 0. The summed E-state index contributed by atoms with van der Waals surface area (Å²) < 4.78 is 87.4. The molecule has 0 spiro atoms. The van der Waals surface area contributed by atoms with E-state index in [-0.39, 0.29) is 5.02 Å². The van der Waals surface area contributed by atoms with Crippen LogP contribution in [-0.2, 0) is 0 Å². The lowest BCUT2D eigenvalue weighted by atomic mass is 9.93. The fraction of sp³-hybridized carbons (Fsp3) is 0.455. The molecule has 0 saturated carbocycles. The minimum atomic E-state index is -6.20. The second-order valence-electron chi connectivity index (χ2n) is 4.04. The van der Waals surface area contributed by atoms with Crippen molar-refractivity contribution in [2.45, 2.75) is 30.5 Å². The van der Waals surface area contributed by atoms with E-state index in [2.05, 4.69) is 0 Å². The van der Waals surface area contributed by atoms with Gasteiger partial charge in [0.1, 0.15) is 0 Å². The normalized spacial score (nSPS) is 15.2. The van der Waals surface area contributed by atoms with Crippen LogP contribution in [0.15, 0.2) is 24.3 Å². The second kappa shape index (κ2) is 5.40. The largest absolute Gasteiger partial charge is 0.431 e. The number of alkyl halides is 7. The summed E-state index contributed by atoms with van der Waals surface area (Å²) in [6.45, 7) is 0. The van der Waals surface area contributed by atoms with Crippen LogP contribution in [0.25, 0.3) is 0 Å². The summed E-state index contributed by atoms with van der Waals surface area (Å²) >= 11 is 5.53. The van der Waals surface area contributed by atoms with Crippen molar-refractivity contribution in [1.29, 1.82) is 0 Å². The zero-order chi connectivity index (χ0) is 15.8. The maximum absolute atomic E-state index is 13.4. The molecular weight excluding hydrogens is 317 g/mol. The molecule has 1 N–H and O–H groups in total. The molecule has 0 bridgehead atoms. The molecule has 0 radical (unpaired) electrons. The fourth-order valence-corrected chi connectivity index (χ4v) is 1.78. The molecule has 1 aromatic carbocycles. The minimum Gasteiger partial charge on any atom is -0.388 e. The first-order valence-electron chi connectivity index (χ1n) is 5.15. The van der Waals surface area contributed by atoms with Crippen LogP contribution in [0.4, 0.5) is 30.7 Å². The topological polar surface area (TPSA) is 20.2 Å². The Hall–Kier alpha value is -1.02. The predicted molar refractivity (Wildman–Crippen MR) is 57.0 cm³/mol. The van der Waals surface area contributed by atoms with Crippen LogP contribution in [0.3, 0.4) is 0 Å². The maximum Gasteiger partial charge on any atom is 0.431 e. The smallest absolute Gasteiger partial charge is 0.388 e. The average molecular weight is 325 g/mol. The maximum atomic E-state index is 13.4. The number of aliphatic hydroxyl groups is 1. The van der Waals surface area contributed by atoms with E-state index in [1.54, 1.807) is 0 Å². The zero-order valence-electron chi connectivity index (χ0n) is 9.56. The molecule has 0 heterocycles. The third kappa shape index (κ3) is 3.17. The minimum absolute atomic E-state index is 0.258. The molecule has 0 aliphatic rings. The van der Waals surface area contributed by atoms with Crippen molar-refractivity contribution in [1.82, 2.24) is 0 Å². The first-order chi connectivity index (χ1) is 8.90. The van der Waals surface area contributed by atoms with E-state index >= 15 is 0 Å². The SMILES string of the molecule is OC(CC(F)(C(F)(F)F)C(F)(F)F)c1ccccc1Cl. The Balaban J connectivity index is 3.13. The molecule has 0 amide bonds. The highest BCUT2D eigenvalue weighted by molar-refractivity contribution is 6.31. The number of hydrogen-bond donors (Lipinski definition) is 1. The van der Waals surface area contributed by atoms with Gasteiger partial charge in [0.05, 0.1) is 6.10 Å². The van der Waals surface area contributed by atoms with Crippen molar-refractivity contribution in [3.63, 3.8) is 0 Å². The quantitative estimate of drug-likeness (QED) is 0.806. The molecule has 1 nitrogen and oxygen atoms in total. The van der Waals surface area contributed by atoms with Gasteiger partial charge in [-0.1, -0.05) is 29.8 Å². The van der Waals surface area contributed by atoms with E-state index in [0.29, 0.717) is 0 Å². The number of hydrogen-bond acceptors (Lipinski definition) is 1. The van der Waals surface area contributed by atoms with E-state index < -0.39 is 36.1 Å². The Morgan fingerprint density at radius 1 is 0.950 bits per heavy atom. The molecule has 0 fully saturated rings. The number of aliphatic hydroxyl groups excluding tert-OH is 1. The average Bonchev–Trinajstić information content (AvgIpc) is 2.26. The summed E-state index contributed by atoms with van der Waals surface area (Å²) in [6.07, 6.45) is -17.0. The summed E-state index contributed by atoms with van der Waals surface area (Å²) in [7, 11) is 0. The Kier molecular flexibility index (Phi) is 4.60. The van der Waals surface area contributed by atoms with Crippen LogP contribution in [0.5, 0.6) is 0 Å². The molecule has 1 rings (SSSR count). The molecule has 114 valence electrons. The molecule has 9 heteroatoms. The number of benzene rings is 1. The Morgan fingerprint density at radius 2 is 1.40 bits per heavy atom. The monoisotopic (exact) mass is 324 g/mol. The van der Waals surface area contributed by atoms with Gasteiger partial charge in [0, 0.05) is 11.4 Å². The molecule has 20 heavy (non-hydrogen) atoms. The highest BCUT2D eigenvalue weighted by Gasteiger charge is 2.72. The van der Waals surface area contributed by atoms with Crippen LogP contribution in [-0.4, -0.2) is 23.1 Å². The molecule has 1 aromatic rings.